The van der Waals surface area contributed by atoms with Crippen molar-refractivity contribution in [2.24, 2.45) is 0 Å². The SMILES string of the molecule is CC(C)(C)c1ccc(-c2nc(N)cc(C3CCCC3)n2)s1. The Morgan fingerprint density at radius 3 is 2.48 bits per heavy atom. The van der Waals surface area contributed by atoms with E-state index >= 15 is 0 Å². The van der Waals surface area contributed by atoms with Crippen molar-refractivity contribution in [2.75, 3.05) is 5.73 Å². The maximum absolute atomic E-state index is 6.01. The van der Waals surface area contributed by atoms with Crippen LogP contribution in [0.15, 0.2) is 18.2 Å². The maximum atomic E-state index is 6.01. The normalized spacial score (nSPS) is 16.5. The van der Waals surface area contributed by atoms with Crippen LogP contribution in [0.2, 0.25) is 0 Å². The number of nitrogens with two attached hydrogens (primary N) is 1. The van der Waals surface area contributed by atoms with Crippen LogP contribution in [0, 0.1) is 0 Å². The van der Waals surface area contributed by atoms with Gasteiger partial charge in [0.05, 0.1) is 4.88 Å². The lowest BCUT2D eigenvalue weighted by molar-refractivity contribution is 0.604. The Balaban J connectivity index is 1.96. The summed E-state index contributed by atoms with van der Waals surface area (Å²) >= 11 is 1.77. The molecule has 0 aliphatic heterocycles. The van der Waals surface area contributed by atoms with Crippen LogP contribution in [0.5, 0.6) is 0 Å². The highest BCUT2D eigenvalue weighted by Gasteiger charge is 2.21. The Morgan fingerprint density at radius 1 is 1.14 bits per heavy atom. The minimum atomic E-state index is 0.164. The topological polar surface area (TPSA) is 51.8 Å². The molecule has 4 heteroatoms. The van der Waals surface area contributed by atoms with E-state index < -0.39 is 0 Å². The van der Waals surface area contributed by atoms with Crippen molar-refractivity contribution in [1.29, 1.82) is 0 Å². The minimum Gasteiger partial charge on any atom is -0.384 e. The second-order valence-electron chi connectivity index (χ2n) is 6.94. The molecule has 0 radical (unpaired) electrons. The fourth-order valence-electron chi connectivity index (χ4n) is 2.89. The Morgan fingerprint density at radius 2 is 1.86 bits per heavy atom. The largest absolute Gasteiger partial charge is 0.384 e. The summed E-state index contributed by atoms with van der Waals surface area (Å²) in [5.74, 6) is 1.95. The van der Waals surface area contributed by atoms with Gasteiger partial charge in [0.1, 0.15) is 5.82 Å². The lowest BCUT2D eigenvalue weighted by Gasteiger charge is -2.15. The van der Waals surface area contributed by atoms with Gasteiger partial charge < -0.3 is 5.73 Å². The molecule has 3 rings (SSSR count). The van der Waals surface area contributed by atoms with E-state index in [1.165, 1.54) is 30.6 Å². The van der Waals surface area contributed by atoms with E-state index in [0.29, 0.717) is 11.7 Å². The lowest BCUT2D eigenvalue weighted by atomic mass is 9.95. The first kappa shape index (κ1) is 14.5. The molecular formula is C17H23N3S. The van der Waals surface area contributed by atoms with Crippen LogP contribution in [0.1, 0.15) is 62.9 Å². The van der Waals surface area contributed by atoms with Crippen LogP contribution < -0.4 is 5.73 Å². The van der Waals surface area contributed by atoms with Crippen LogP contribution in [-0.2, 0) is 5.41 Å². The van der Waals surface area contributed by atoms with Gasteiger partial charge in [0.15, 0.2) is 5.82 Å². The Bertz CT molecular complexity index is 634. The van der Waals surface area contributed by atoms with Gasteiger partial charge in [-0.1, -0.05) is 33.6 Å². The molecule has 0 spiro atoms. The highest BCUT2D eigenvalue weighted by atomic mass is 32.1. The van der Waals surface area contributed by atoms with Crippen molar-refractivity contribution in [3.63, 3.8) is 0 Å². The van der Waals surface area contributed by atoms with E-state index in [1.54, 1.807) is 11.3 Å². The van der Waals surface area contributed by atoms with Crippen LogP contribution in [0.25, 0.3) is 10.7 Å². The van der Waals surface area contributed by atoms with Gasteiger partial charge >= 0.3 is 0 Å². The second-order valence-corrected chi connectivity index (χ2v) is 8.02. The van der Waals surface area contributed by atoms with Crippen molar-refractivity contribution in [1.82, 2.24) is 9.97 Å². The summed E-state index contributed by atoms with van der Waals surface area (Å²) in [6.45, 7) is 6.69. The van der Waals surface area contributed by atoms with Crippen molar-refractivity contribution in [3.05, 3.63) is 28.8 Å². The van der Waals surface area contributed by atoms with E-state index in [-0.39, 0.29) is 5.41 Å². The molecule has 2 heterocycles. The number of rotatable bonds is 2. The molecule has 21 heavy (non-hydrogen) atoms. The van der Waals surface area contributed by atoms with Gasteiger partial charge in [0.2, 0.25) is 0 Å². The van der Waals surface area contributed by atoms with Gasteiger partial charge in [-0.2, -0.15) is 0 Å². The van der Waals surface area contributed by atoms with Crippen molar-refractivity contribution in [3.8, 4) is 10.7 Å². The standard InChI is InChI=1S/C17H23N3S/c1-17(2,3)14-9-8-13(21-14)16-19-12(10-15(18)20-16)11-6-4-5-7-11/h8-11H,4-7H2,1-3H3,(H2,18,19,20). The summed E-state index contributed by atoms with van der Waals surface area (Å²) in [7, 11) is 0. The molecule has 0 bridgehead atoms. The zero-order chi connectivity index (χ0) is 15.0. The van der Waals surface area contributed by atoms with Gasteiger partial charge in [-0.25, -0.2) is 9.97 Å². The zero-order valence-electron chi connectivity index (χ0n) is 13.0. The van der Waals surface area contributed by atoms with E-state index in [2.05, 4.69) is 37.9 Å². The van der Waals surface area contributed by atoms with Gasteiger partial charge in [0, 0.05) is 22.6 Å². The third-order valence-corrected chi connectivity index (χ3v) is 5.61. The first-order chi connectivity index (χ1) is 9.93. The number of hydrogen-bond acceptors (Lipinski definition) is 4. The quantitative estimate of drug-likeness (QED) is 0.871. The summed E-state index contributed by atoms with van der Waals surface area (Å²) in [5, 5.41) is 0. The molecule has 0 amide bonds. The molecule has 0 aromatic carbocycles. The number of anilines is 1. The number of aromatic nitrogens is 2. The van der Waals surface area contributed by atoms with Crippen LogP contribution in [0.4, 0.5) is 5.82 Å². The van der Waals surface area contributed by atoms with E-state index in [0.717, 1.165) is 16.4 Å². The van der Waals surface area contributed by atoms with Crippen LogP contribution in [0.3, 0.4) is 0 Å². The number of nitrogen functional groups attached to an aromatic ring is 1. The maximum Gasteiger partial charge on any atom is 0.171 e. The predicted molar refractivity (Wildman–Crippen MR) is 89.7 cm³/mol. The molecule has 2 aromatic rings. The van der Waals surface area contributed by atoms with Gasteiger partial charge in [0.25, 0.3) is 0 Å². The van der Waals surface area contributed by atoms with Gasteiger partial charge in [-0.15, -0.1) is 11.3 Å². The Hall–Kier alpha value is -1.42. The van der Waals surface area contributed by atoms with E-state index in [1.807, 2.05) is 6.07 Å². The molecule has 0 atom stereocenters. The summed E-state index contributed by atoms with van der Waals surface area (Å²) in [6.07, 6.45) is 5.06. The minimum absolute atomic E-state index is 0.164. The summed E-state index contributed by atoms with van der Waals surface area (Å²) < 4.78 is 0. The summed E-state index contributed by atoms with van der Waals surface area (Å²) in [6, 6.07) is 6.26. The third-order valence-electron chi connectivity index (χ3n) is 4.10. The Labute approximate surface area is 130 Å². The van der Waals surface area contributed by atoms with Crippen molar-refractivity contribution < 1.29 is 0 Å². The Kier molecular flexibility index (Phi) is 3.74. The average molecular weight is 301 g/mol. The predicted octanol–water partition coefficient (Wildman–Crippen LogP) is 4.74. The molecule has 2 N–H and O–H groups in total. The molecular weight excluding hydrogens is 278 g/mol. The molecule has 0 saturated heterocycles. The number of thiophene rings is 1. The van der Waals surface area contributed by atoms with Crippen LogP contribution >= 0.6 is 11.3 Å². The average Bonchev–Trinajstić information content (AvgIpc) is 3.09. The monoisotopic (exact) mass is 301 g/mol. The second kappa shape index (κ2) is 5.41. The van der Waals surface area contributed by atoms with E-state index in [4.69, 9.17) is 10.7 Å². The molecule has 1 aliphatic rings. The smallest absolute Gasteiger partial charge is 0.171 e. The molecule has 2 aromatic heterocycles. The highest BCUT2D eigenvalue weighted by Crippen LogP contribution is 2.37. The van der Waals surface area contributed by atoms with E-state index in [9.17, 15) is 0 Å². The van der Waals surface area contributed by atoms with Crippen molar-refractivity contribution >= 4 is 17.2 Å². The first-order valence-electron chi connectivity index (χ1n) is 7.68. The number of nitrogens with zero attached hydrogens (tertiary/aromatic N) is 2. The molecule has 1 fully saturated rings. The van der Waals surface area contributed by atoms with Crippen molar-refractivity contribution in [2.45, 2.75) is 57.8 Å². The fraction of sp³-hybridized carbons (Fsp3) is 0.529. The lowest BCUT2D eigenvalue weighted by Crippen LogP contribution is -2.07. The zero-order valence-corrected chi connectivity index (χ0v) is 13.8. The third kappa shape index (κ3) is 3.10. The van der Waals surface area contributed by atoms with Crippen LogP contribution in [-0.4, -0.2) is 9.97 Å². The van der Waals surface area contributed by atoms with Gasteiger partial charge in [-0.05, 0) is 30.4 Å². The molecule has 112 valence electrons. The first-order valence-corrected chi connectivity index (χ1v) is 8.50. The summed E-state index contributed by atoms with van der Waals surface area (Å²) in [5.41, 5.74) is 7.30. The molecule has 3 nitrogen and oxygen atoms in total. The molecule has 0 unspecified atom stereocenters. The highest BCUT2D eigenvalue weighted by molar-refractivity contribution is 7.15. The number of hydrogen-bond donors (Lipinski definition) is 1. The van der Waals surface area contributed by atoms with Gasteiger partial charge in [-0.3, -0.25) is 0 Å². The summed E-state index contributed by atoms with van der Waals surface area (Å²) in [4.78, 5) is 11.7. The fourth-order valence-corrected chi connectivity index (χ4v) is 3.89. The molecule has 1 saturated carbocycles. The molecule has 1 aliphatic carbocycles.